The Hall–Kier alpha value is -3.01. The first-order chi connectivity index (χ1) is 10.3. The summed E-state index contributed by atoms with van der Waals surface area (Å²) in [6, 6.07) is 17.1. The van der Waals surface area contributed by atoms with Gasteiger partial charge in [0.05, 0.1) is 0 Å². The van der Waals surface area contributed by atoms with Gasteiger partial charge in [-0.05, 0) is 29.0 Å². The largest absolute Gasteiger partial charge is 0.403 e. The van der Waals surface area contributed by atoms with Gasteiger partial charge in [-0.1, -0.05) is 36.4 Å². The molecule has 2 aromatic heterocycles. The molecule has 0 amide bonds. The number of benzene rings is 2. The summed E-state index contributed by atoms with van der Waals surface area (Å²) in [6.07, 6.45) is 1.61. The molecular formula is C17H10N2O2. The summed E-state index contributed by atoms with van der Waals surface area (Å²) in [6.45, 7) is 0. The second-order valence-electron chi connectivity index (χ2n) is 4.71. The van der Waals surface area contributed by atoms with Crippen molar-refractivity contribution in [1.29, 1.82) is 0 Å². The van der Waals surface area contributed by atoms with E-state index in [1.54, 1.807) is 18.3 Å². The Morgan fingerprint density at radius 3 is 2.62 bits per heavy atom. The standard InChI is InChI=1S/C17H10N2O2/c20-17-14-9-4-10-18-15(14)19-16(21-17)13-8-3-6-11-5-1-2-7-12(11)13/h1-10H. The van der Waals surface area contributed by atoms with Crippen molar-refractivity contribution in [3.63, 3.8) is 0 Å². The Morgan fingerprint density at radius 1 is 0.857 bits per heavy atom. The molecule has 0 radical (unpaired) electrons. The molecule has 0 bridgehead atoms. The average molecular weight is 274 g/mol. The van der Waals surface area contributed by atoms with Crippen molar-refractivity contribution in [1.82, 2.24) is 9.97 Å². The van der Waals surface area contributed by atoms with Gasteiger partial charge in [0.25, 0.3) is 0 Å². The van der Waals surface area contributed by atoms with Crippen LogP contribution in [0.25, 0.3) is 33.3 Å². The molecule has 2 aromatic carbocycles. The first kappa shape index (κ1) is 11.8. The van der Waals surface area contributed by atoms with Crippen LogP contribution >= 0.6 is 0 Å². The maximum atomic E-state index is 12.1. The first-order valence-corrected chi connectivity index (χ1v) is 6.57. The highest BCUT2D eigenvalue weighted by Gasteiger charge is 2.11. The molecule has 4 rings (SSSR count). The van der Waals surface area contributed by atoms with Crippen molar-refractivity contribution in [2.24, 2.45) is 0 Å². The summed E-state index contributed by atoms with van der Waals surface area (Å²) in [5.74, 6) is 0.294. The summed E-state index contributed by atoms with van der Waals surface area (Å²) in [5.41, 5.74) is 0.769. The lowest BCUT2D eigenvalue weighted by Crippen LogP contribution is -2.04. The van der Waals surface area contributed by atoms with E-state index in [1.165, 1.54) is 0 Å². The van der Waals surface area contributed by atoms with Crippen molar-refractivity contribution in [2.45, 2.75) is 0 Å². The van der Waals surface area contributed by atoms with Crippen molar-refractivity contribution < 1.29 is 4.42 Å². The Kier molecular flexibility index (Phi) is 2.54. The Labute approximate surface area is 119 Å². The van der Waals surface area contributed by atoms with E-state index >= 15 is 0 Å². The van der Waals surface area contributed by atoms with Crippen LogP contribution in [0.4, 0.5) is 0 Å². The van der Waals surface area contributed by atoms with Crippen LogP contribution in [0.2, 0.25) is 0 Å². The summed E-state index contributed by atoms with van der Waals surface area (Å²) < 4.78 is 5.38. The number of hydrogen-bond donors (Lipinski definition) is 0. The smallest absolute Gasteiger partial charge is 0.348 e. The zero-order valence-electron chi connectivity index (χ0n) is 11.0. The van der Waals surface area contributed by atoms with Gasteiger partial charge in [0.15, 0.2) is 5.65 Å². The molecule has 0 fully saturated rings. The quantitative estimate of drug-likeness (QED) is 0.534. The monoisotopic (exact) mass is 274 g/mol. The Balaban J connectivity index is 2.07. The summed E-state index contributed by atoms with van der Waals surface area (Å²) >= 11 is 0. The highest BCUT2D eigenvalue weighted by Crippen LogP contribution is 2.27. The fourth-order valence-electron chi connectivity index (χ4n) is 2.43. The zero-order valence-corrected chi connectivity index (χ0v) is 11.0. The lowest BCUT2D eigenvalue weighted by Gasteiger charge is -2.05. The van der Waals surface area contributed by atoms with Gasteiger partial charge in [-0.3, -0.25) is 0 Å². The number of pyridine rings is 1. The number of hydrogen-bond acceptors (Lipinski definition) is 4. The van der Waals surface area contributed by atoms with Gasteiger partial charge >= 0.3 is 5.63 Å². The molecule has 0 saturated heterocycles. The number of rotatable bonds is 1. The molecule has 21 heavy (non-hydrogen) atoms. The lowest BCUT2D eigenvalue weighted by molar-refractivity contribution is 0.518. The van der Waals surface area contributed by atoms with Gasteiger partial charge in [-0.15, -0.1) is 0 Å². The molecule has 2 heterocycles. The van der Waals surface area contributed by atoms with Crippen molar-refractivity contribution in [2.75, 3.05) is 0 Å². The Morgan fingerprint density at radius 2 is 1.67 bits per heavy atom. The van der Waals surface area contributed by atoms with Gasteiger partial charge in [-0.2, -0.15) is 4.98 Å². The van der Waals surface area contributed by atoms with E-state index in [-0.39, 0.29) is 0 Å². The fraction of sp³-hybridized carbons (Fsp3) is 0. The normalized spacial score (nSPS) is 11.0. The predicted octanol–water partition coefficient (Wildman–Crippen LogP) is 3.40. The third-order valence-electron chi connectivity index (χ3n) is 3.42. The first-order valence-electron chi connectivity index (χ1n) is 6.57. The van der Waals surface area contributed by atoms with E-state index in [9.17, 15) is 4.79 Å². The molecule has 0 aliphatic carbocycles. The minimum atomic E-state index is -0.420. The highest BCUT2D eigenvalue weighted by molar-refractivity contribution is 5.95. The summed E-state index contributed by atoms with van der Waals surface area (Å²) in [7, 11) is 0. The van der Waals surface area contributed by atoms with Crippen LogP contribution in [0.15, 0.2) is 70.0 Å². The molecule has 4 heteroatoms. The van der Waals surface area contributed by atoms with Crippen LogP contribution in [0.1, 0.15) is 0 Å². The van der Waals surface area contributed by atoms with Crippen molar-refractivity contribution in [3.8, 4) is 11.5 Å². The maximum absolute atomic E-state index is 12.1. The van der Waals surface area contributed by atoms with Gasteiger partial charge in [0.1, 0.15) is 5.39 Å². The summed E-state index contributed by atoms with van der Waals surface area (Å²) in [4.78, 5) is 20.6. The van der Waals surface area contributed by atoms with E-state index in [0.29, 0.717) is 16.9 Å². The van der Waals surface area contributed by atoms with Gasteiger partial charge in [0, 0.05) is 11.8 Å². The molecule has 4 nitrogen and oxygen atoms in total. The molecule has 0 aliphatic heterocycles. The summed E-state index contributed by atoms with van der Waals surface area (Å²) in [5, 5.41) is 2.45. The van der Waals surface area contributed by atoms with E-state index in [0.717, 1.165) is 16.3 Å². The van der Waals surface area contributed by atoms with Gasteiger partial charge in [0.2, 0.25) is 5.89 Å². The molecule has 0 spiro atoms. The second kappa shape index (κ2) is 4.52. The predicted molar refractivity (Wildman–Crippen MR) is 81.0 cm³/mol. The average Bonchev–Trinajstić information content (AvgIpc) is 2.54. The van der Waals surface area contributed by atoms with E-state index < -0.39 is 5.63 Å². The number of aromatic nitrogens is 2. The molecular weight excluding hydrogens is 264 g/mol. The second-order valence-corrected chi connectivity index (χ2v) is 4.71. The molecule has 0 aliphatic rings. The van der Waals surface area contributed by atoms with Crippen molar-refractivity contribution >= 4 is 21.8 Å². The van der Waals surface area contributed by atoms with Crippen LogP contribution in [0.5, 0.6) is 0 Å². The maximum Gasteiger partial charge on any atom is 0.348 e. The molecule has 0 unspecified atom stereocenters. The minimum Gasteiger partial charge on any atom is -0.403 e. The van der Waals surface area contributed by atoms with E-state index in [2.05, 4.69) is 9.97 Å². The molecule has 100 valence electrons. The number of nitrogens with zero attached hydrogens (tertiary/aromatic N) is 2. The van der Waals surface area contributed by atoms with E-state index in [1.807, 2.05) is 42.5 Å². The zero-order chi connectivity index (χ0) is 14.2. The molecule has 4 aromatic rings. The SMILES string of the molecule is O=c1oc(-c2cccc3ccccc23)nc2ncccc12. The Bertz CT molecular complexity index is 1020. The van der Waals surface area contributed by atoms with E-state index in [4.69, 9.17) is 4.42 Å². The van der Waals surface area contributed by atoms with Crippen LogP contribution in [0, 0.1) is 0 Å². The van der Waals surface area contributed by atoms with Crippen molar-refractivity contribution in [3.05, 3.63) is 71.2 Å². The van der Waals surface area contributed by atoms with Crippen LogP contribution in [-0.4, -0.2) is 9.97 Å². The fourth-order valence-corrected chi connectivity index (χ4v) is 2.43. The third kappa shape index (κ3) is 1.89. The number of fused-ring (bicyclic) bond motifs is 2. The van der Waals surface area contributed by atoms with Crippen LogP contribution in [-0.2, 0) is 0 Å². The van der Waals surface area contributed by atoms with Crippen LogP contribution in [0.3, 0.4) is 0 Å². The molecule has 0 atom stereocenters. The highest BCUT2D eigenvalue weighted by atomic mass is 16.4. The topological polar surface area (TPSA) is 56.0 Å². The van der Waals surface area contributed by atoms with Gasteiger partial charge in [-0.25, -0.2) is 9.78 Å². The molecule has 0 N–H and O–H groups in total. The van der Waals surface area contributed by atoms with Gasteiger partial charge < -0.3 is 4.42 Å². The minimum absolute atomic E-state index is 0.294. The lowest BCUT2D eigenvalue weighted by atomic mass is 10.0. The van der Waals surface area contributed by atoms with Crippen LogP contribution < -0.4 is 5.63 Å². The molecule has 0 saturated carbocycles. The third-order valence-corrected chi connectivity index (χ3v) is 3.42.